The number of amides is 1. The Labute approximate surface area is 163 Å². The van der Waals surface area contributed by atoms with Gasteiger partial charge >= 0.3 is 0 Å². The molecule has 0 unspecified atom stereocenters. The van der Waals surface area contributed by atoms with Gasteiger partial charge in [-0.25, -0.2) is 12.8 Å². The first-order chi connectivity index (χ1) is 12.6. The maximum Gasteiger partial charge on any atom is 0.276 e. The SMILES string of the molecule is CC(C)(C)[C@@H]1CCc2sc(C(=O)NNS(=O)(=O)c3ccc(F)cc3)cc2C1. The lowest BCUT2D eigenvalue weighted by atomic mass is 9.72. The summed E-state index contributed by atoms with van der Waals surface area (Å²) in [4.78, 5) is 16.0. The van der Waals surface area contributed by atoms with Gasteiger partial charge in [0, 0.05) is 4.88 Å². The van der Waals surface area contributed by atoms with E-state index in [1.54, 1.807) is 0 Å². The van der Waals surface area contributed by atoms with Crippen LogP contribution in [0.15, 0.2) is 35.2 Å². The van der Waals surface area contributed by atoms with Gasteiger partial charge < -0.3 is 0 Å². The van der Waals surface area contributed by atoms with Crippen molar-refractivity contribution in [2.75, 3.05) is 0 Å². The lowest BCUT2D eigenvalue weighted by molar-refractivity contribution is 0.0949. The maximum absolute atomic E-state index is 12.9. The number of hydrogen-bond donors (Lipinski definition) is 2. The van der Waals surface area contributed by atoms with Crippen molar-refractivity contribution < 1.29 is 17.6 Å². The van der Waals surface area contributed by atoms with E-state index in [-0.39, 0.29) is 10.3 Å². The van der Waals surface area contributed by atoms with Gasteiger partial charge in [-0.15, -0.1) is 16.2 Å². The summed E-state index contributed by atoms with van der Waals surface area (Å²) in [5, 5.41) is 0. The Morgan fingerprint density at radius 1 is 1.22 bits per heavy atom. The second kappa shape index (κ2) is 7.33. The summed E-state index contributed by atoms with van der Waals surface area (Å²) in [6, 6.07) is 6.24. The van der Waals surface area contributed by atoms with Gasteiger partial charge in [0.2, 0.25) is 0 Å². The Morgan fingerprint density at radius 2 is 1.89 bits per heavy atom. The van der Waals surface area contributed by atoms with E-state index >= 15 is 0 Å². The molecule has 0 bridgehead atoms. The molecule has 5 nitrogen and oxygen atoms in total. The van der Waals surface area contributed by atoms with E-state index in [2.05, 4.69) is 31.0 Å². The Balaban J connectivity index is 1.67. The quantitative estimate of drug-likeness (QED) is 0.756. The van der Waals surface area contributed by atoms with Crippen molar-refractivity contribution in [2.24, 2.45) is 11.3 Å². The van der Waals surface area contributed by atoms with Crippen LogP contribution in [0.25, 0.3) is 0 Å². The summed E-state index contributed by atoms with van der Waals surface area (Å²) in [5.41, 5.74) is 3.64. The van der Waals surface area contributed by atoms with E-state index in [4.69, 9.17) is 0 Å². The molecule has 1 aromatic heterocycles. The first-order valence-corrected chi connectivity index (χ1v) is 11.1. The van der Waals surface area contributed by atoms with Gasteiger partial charge in [-0.1, -0.05) is 20.8 Å². The highest BCUT2D eigenvalue weighted by molar-refractivity contribution is 7.89. The van der Waals surface area contributed by atoms with Crippen molar-refractivity contribution in [1.82, 2.24) is 10.3 Å². The second-order valence-corrected chi connectivity index (χ2v) is 10.7. The van der Waals surface area contributed by atoms with Gasteiger partial charge in [0.05, 0.1) is 9.77 Å². The molecule has 3 rings (SSSR count). The van der Waals surface area contributed by atoms with E-state index < -0.39 is 21.7 Å². The standard InChI is InChI=1S/C19H23FN2O3S2/c1-19(2,3)13-4-9-16-12(10-13)11-17(26-16)18(23)21-22-27(24,25)15-7-5-14(20)6-8-15/h5-8,11,13,22H,4,9-10H2,1-3H3,(H,21,23)/t13-/m1/s1. The summed E-state index contributed by atoms with van der Waals surface area (Å²) in [6.07, 6.45) is 2.97. The molecule has 0 aliphatic heterocycles. The van der Waals surface area contributed by atoms with Gasteiger partial charge in [-0.05, 0) is 66.5 Å². The smallest absolute Gasteiger partial charge is 0.273 e. The number of hydrazine groups is 1. The number of carbonyl (C=O) groups excluding carboxylic acids is 1. The van der Waals surface area contributed by atoms with Crippen LogP contribution in [0.3, 0.4) is 0 Å². The maximum atomic E-state index is 12.9. The molecule has 1 aliphatic carbocycles. The summed E-state index contributed by atoms with van der Waals surface area (Å²) in [7, 11) is -3.95. The van der Waals surface area contributed by atoms with Crippen LogP contribution >= 0.6 is 11.3 Å². The van der Waals surface area contributed by atoms with Crippen LogP contribution in [-0.4, -0.2) is 14.3 Å². The molecule has 2 N–H and O–H groups in total. The summed E-state index contributed by atoms with van der Waals surface area (Å²) >= 11 is 1.41. The molecule has 1 heterocycles. The molecule has 146 valence electrons. The third kappa shape index (κ3) is 4.56. The number of fused-ring (bicyclic) bond motifs is 1. The topological polar surface area (TPSA) is 75.3 Å². The van der Waals surface area contributed by atoms with E-state index in [0.717, 1.165) is 43.5 Å². The van der Waals surface area contributed by atoms with Crippen molar-refractivity contribution in [3.63, 3.8) is 0 Å². The third-order valence-corrected chi connectivity index (χ3v) is 7.45. The van der Waals surface area contributed by atoms with Crippen LogP contribution in [0.4, 0.5) is 4.39 Å². The first-order valence-electron chi connectivity index (χ1n) is 8.75. The monoisotopic (exact) mass is 410 g/mol. The lowest BCUT2D eigenvalue weighted by Crippen LogP contribution is -2.41. The van der Waals surface area contributed by atoms with Gasteiger partial charge in [-0.2, -0.15) is 0 Å². The molecule has 1 atom stereocenters. The zero-order valence-electron chi connectivity index (χ0n) is 15.5. The Hall–Kier alpha value is -1.77. The van der Waals surface area contributed by atoms with Crippen LogP contribution in [0.2, 0.25) is 0 Å². The number of rotatable bonds is 4. The average Bonchev–Trinajstić information content (AvgIpc) is 3.02. The summed E-state index contributed by atoms with van der Waals surface area (Å²) in [5.74, 6) is -0.462. The van der Waals surface area contributed by atoms with Crippen molar-refractivity contribution >= 4 is 27.3 Å². The van der Waals surface area contributed by atoms with Crippen LogP contribution < -0.4 is 10.3 Å². The molecule has 0 radical (unpaired) electrons. The number of thiophene rings is 1. The number of nitrogens with one attached hydrogen (secondary N) is 2. The van der Waals surface area contributed by atoms with Gasteiger partial charge in [0.25, 0.3) is 15.9 Å². The predicted molar refractivity (Wildman–Crippen MR) is 103 cm³/mol. The number of sulfonamides is 1. The zero-order chi connectivity index (χ0) is 19.8. The lowest BCUT2D eigenvalue weighted by Gasteiger charge is -2.33. The molecule has 2 aromatic rings. The Bertz CT molecular complexity index is 944. The van der Waals surface area contributed by atoms with E-state index in [0.29, 0.717) is 10.8 Å². The molecule has 1 aromatic carbocycles. The molecule has 0 fully saturated rings. The van der Waals surface area contributed by atoms with Crippen LogP contribution in [0, 0.1) is 17.2 Å². The molecular formula is C19H23FN2O3S2. The minimum Gasteiger partial charge on any atom is -0.273 e. The van der Waals surface area contributed by atoms with Crippen molar-refractivity contribution in [3.05, 3.63) is 51.5 Å². The van der Waals surface area contributed by atoms with Gasteiger partial charge in [0.1, 0.15) is 5.82 Å². The molecule has 0 saturated heterocycles. The van der Waals surface area contributed by atoms with Crippen LogP contribution in [0.5, 0.6) is 0 Å². The third-order valence-electron chi connectivity index (χ3n) is 4.95. The first kappa shape index (κ1) is 20.0. The van der Waals surface area contributed by atoms with Crippen LogP contribution in [-0.2, 0) is 22.9 Å². The van der Waals surface area contributed by atoms with Gasteiger partial charge in [-0.3, -0.25) is 10.2 Å². The predicted octanol–water partition coefficient (Wildman–Crippen LogP) is 3.66. The van der Waals surface area contributed by atoms with Crippen LogP contribution in [0.1, 0.15) is 47.3 Å². The fourth-order valence-corrected chi connectivity index (χ4v) is 5.17. The minimum atomic E-state index is -3.95. The molecule has 8 heteroatoms. The molecular weight excluding hydrogens is 387 g/mol. The zero-order valence-corrected chi connectivity index (χ0v) is 17.1. The van der Waals surface area contributed by atoms with E-state index in [9.17, 15) is 17.6 Å². The summed E-state index contributed by atoms with van der Waals surface area (Å²) < 4.78 is 37.3. The Kier molecular flexibility index (Phi) is 5.42. The highest BCUT2D eigenvalue weighted by Gasteiger charge is 2.30. The molecule has 0 saturated carbocycles. The minimum absolute atomic E-state index is 0.123. The molecule has 1 aliphatic rings. The number of carbonyl (C=O) groups is 1. The number of halogens is 1. The molecule has 0 spiro atoms. The Morgan fingerprint density at radius 3 is 2.52 bits per heavy atom. The normalized spacial score (nSPS) is 17.4. The number of aryl methyl sites for hydroxylation is 1. The van der Waals surface area contributed by atoms with E-state index in [1.165, 1.54) is 21.8 Å². The van der Waals surface area contributed by atoms with Crippen molar-refractivity contribution in [1.29, 1.82) is 0 Å². The highest BCUT2D eigenvalue weighted by Crippen LogP contribution is 2.40. The second-order valence-electron chi connectivity index (χ2n) is 7.88. The fraction of sp³-hybridized carbons (Fsp3) is 0.421. The van der Waals surface area contributed by atoms with E-state index in [1.807, 2.05) is 6.07 Å². The fourth-order valence-electron chi connectivity index (χ4n) is 3.22. The average molecular weight is 411 g/mol. The molecule has 1 amide bonds. The number of benzene rings is 1. The summed E-state index contributed by atoms with van der Waals surface area (Å²) in [6.45, 7) is 6.69. The number of hydrogen-bond acceptors (Lipinski definition) is 4. The highest BCUT2D eigenvalue weighted by atomic mass is 32.2. The molecule has 27 heavy (non-hydrogen) atoms. The van der Waals surface area contributed by atoms with Crippen molar-refractivity contribution in [3.8, 4) is 0 Å². The largest absolute Gasteiger partial charge is 0.276 e. The van der Waals surface area contributed by atoms with Crippen molar-refractivity contribution in [2.45, 2.75) is 44.9 Å². The van der Waals surface area contributed by atoms with Gasteiger partial charge in [0.15, 0.2) is 0 Å².